The molecule has 1 fully saturated rings. The summed E-state index contributed by atoms with van der Waals surface area (Å²) in [5.74, 6) is 2.13. The Labute approximate surface area is 106 Å². The number of hydrogen-bond donors (Lipinski definition) is 1. The quantitative estimate of drug-likeness (QED) is 0.825. The molecule has 0 unspecified atom stereocenters. The summed E-state index contributed by atoms with van der Waals surface area (Å²) in [6, 6.07) is 5.49. The van der Waals surface area contributed by atoms with E-state index in [9.17, 15) is 4.79 Å². The maximum atomic E-state index is 12.1. The van der Waals surface area contributed by atoms with Crippen molar-refractivity contribution < 1.29 is 14.3 Å². The molecule has 18 heavy (non-hydrogen) atoms. The van der Waals surface area contributed by atoms with Crippen molar-refractivity contribution in [1.29, 1.82) is 0 Å². The second-order valence-corrected chi connectivity index (χ2v) is 4.86. The molecule has 1 aromatic carbocycles. The van der Waals surface area contributed by atoms with Crippen LogP contribution < -0.4 is 14.8 Å². The maximum absolute atomic E-state index is 12.1. The molecule has 0 bridgehead atoms. The van der Waals surface area contributed by atoms with Gasteiger partial charge in [-0.3, -0.25) is 4.79 Å². The van der Waals surface area contributed by atoms with Crippen LogP contribution in [-0.4, -0.2) is 32.1 Å². The lowest BCUT2D eigenvalue weighted by Gasteiger charge is -2.26. The van der Waals surface area contributed by atoms with E-state index in [1.165, 1.54) is 0 Å². The van der Waals surface area contributed by atoms with Crippen molar-refractivity contribution in [3.05, 3.63) is 23.8 Å². The van der Waals surface area contributed by atoms with Gasteiger partial charge in [-0.15, -0.1) is 0 Å². The predicted octanol–water partition coefficient (Wildman–Crippen LogP) is 1.64. The molecular weight excluding hydrogens is 230 g/mol. The first-order valence-corrected chi connectivity index (χ1v) is 6.46. The lowest BCUT2D eigenvalue weighted by Crippen LogP contribution is -2.42. The number of ether oxygens (including phenoxy) is 2. The number of ketones is 1. The summed E-state index contributed by atoms with van der Waals surface area (Å²) >= 11 is 0. The highest BCUT2D eigenvalue weighted by Crippen LogP contribution is 2.31. The molecule has 0 spiro atoms. The monoisotopic (exact) mass is 247 g/mol. The van der Waals surface area contributed by atoms with Crippen molar-refractivity contribution in [2.45, 2.75) is 12.8 Å². The molecule has 2 heterocycles. The second-order valence-electron chi connectivity index (χ2n) is 4.86. The molecule has 2 aliphatic heterocycles. The first-order chi connectivity index (χ1) is 8.83. The Balaban J connectivity index is 1.75. The third-order valence-electron chi connectivity index (χ3n) is 3.41. The van der Waals surface area contributed by atoms with E-state index in [0.29, 0.717) is 31.3 Å². The van der Waals surface area contributed by atoms with Gasteiger partial charge in [0.15, 0.2) is 17.3 Å². The molecule has 4 nitrogen and oxygen atoms in total. The topological polar surface area (TPSA) is 47.6 Å². The summed E-state index contributed by atoms with van der Waals surface area (Å²) in [7, 11) is 0. The van der Waals surface area contributed by atoms with E-state index >= 15 is 0 Å². The van der Waals surface area contributed by atoms with Crippen LogP contribution in [0.5, 0.6) is 11.5 Å². The molecule has 0 atom stereocenters. The van der Waals surface area contributed by atoms with Crippen molar-refractivity contribution in [2.75, 3.05) is 26.3 Å². The zero-order chi connectivity index (χ0) is 12.4. The van der Waals surface area contributed by atoms with Gasteiger partial charge >= 0.3 is 0 Å². The third kappa shape index (κ3) is 2.34. The minimum atomic E-state index is 0.192. The minimum Gasteiger partial charge on any atom is -0.490 e. The molecule has 1 N–H and O–H groups in total. The van der Waals surface area contributed by atoms with Crippen molar-refractivity contribution in [2.24, 2.45) is 5.92 Å². The van der Waals surface area contributed by atoms with E-state index < -0.39 is 0 Å². The van der Waals surface area contributed by atoms with E-state index in [2.05, 4.69) is 5.32 Å². The molecule has 96 valence electrons. The molecular formula is C14H17NO3. The highest BCUT2D eigenvalue weighted by Gasteiger charge is 2.22. The fraction of sp³-hybridized carbons (Fsp3) is 0.500. The number of Topliss-reactive ketones (excluding diaryl/α,β-unsaturated/α-hetero) is 1. The van der Waals surface area contributed by atoms with Gasteiger partial charge in [0.25, 0.3) is 0 Å². The number of nitrogens with one attached hydrogen (secondary N) is 1. The molecule has 1 aromatic rings. The number of rotatable bonds is 3. The zero-order valence-electron chi connectivity index (χ0n) is 10.3. The van der Waals surface area contributed by atoms with Gasteiger partial charge in [0.1, 0.15) is 0 Å². The van der Waals surface area contributed by atoms with Gasteiger partial charge in [0, 0.05) is 18.4 Å². The van der Waals surface area contributed by atoms with E-state index in [1.807, 2.05) is 18.2 Å². The number of fused-ring (bicyclic) bond motifs is 1. The van der Waals surface area contributed by atoms with Crippen molar-refractivity contribution in [1.82, 2.24) is 5.32 Å². The Morgan fingerprint density at radius 3 is 2.72 bits per heavy atom. The predicted molar refractivity (Wildman–Crippen MR) is 67.4 cm³/mol. The Kier molecular flexibility index (Phi) is 3.19. The molecule has 0 aromatic heterocycles. The normalized spacial score (nSPS) is 18.9. The smallest absolute Gasteiger partial charge is 0.163 e. The van der Waals surface area contributed by atoms with Crippen LogP contribution in [0, 0.1) is 5.92 Å². The molecule has 1 saturated heterocycles. The Hall–Kier alpha value is -1.55. The lowest BCUT2D eigenvalue weighted by molar-refractivity contribution is 0.0945. The van der Waals surface area contributed by atoms with Crippen LogP contribution in [0.4, 0.5) is 0 Å². The summed E-state index contributed by atoms with van der Waals surface area (Å²) in [6.45, 7) is 3.23. The van der Waals surface area contributed by atoms with Crippen LogP contribution in [0.15, 0.2) is 18.2 Å². The minimum absolute atomic E-state index is 0.192. The van der Waals surface area contributed by atoms with Gasteiger partial charge in [0.05, 0.1) is 13.2 Å². The molecule has 2 aliphatic rings. The molecule has 0 radical (unpaired) electrons. The molecule has 4 heteroatoms. The standard InChI is InChI=1S/C14H17NO3/c16-12(6-10-8-15-9-10)11-2-3-13-14(7-11)18-5-1-4-17-13/h2-3,7,10,15H,1,4-6,8-9H2. The lowest BCUT2D eigenvalue weighted by atomic mass is 9.94. The molecule has 3 rings (SSSR count). The summed E-state index contributed by atoms with van der Waals surface area (Å²) < 4.78 is 11.1. The molecule has 0 saturated carbocycles. The van der Waals surface area contributed by atoms with Crippen molar-refractivity contribution in [3.8, 4) is 11.5 Å². The number of benzene rings is 1. The van der Waals surface area contributed by atoms with Gasteiger partial charge in [0.2, 0.25) is 0 Å². The average Bonchev–Trinajstić information content (AvgIpc) is 2.57. The van der Waals surface area contributed by atoms with E-state index in [-0.39, 0.29) is 5.78 Å². The maximum Gasteiger partial charge on any atom is 0.163 e. The Bertz CT molecular complexity index is 454. The van der Waals surface area contributed by atoms with Gasteiger partial charge in [-0.1, -0.05) is 0 Å². The van der Waals surface area contributed by atoms with E-state index in [4.69, 9.17) is 9.47 Å². The second kappa shape index (κ2) is 4.98. The van der Waals surface area contributed by atoms with Gasteiger partial charge in [-0.25, -0.2) is 0 Å². The van der Waals surface area contributed by atoms with Crippen LogP contribution >= 0.6 is 0 Å². The van der Waals surface area contributed by atoms with Crippen LogP contribution in [0.1, 0.15) is 23.2 Å². The largest absolute Gasteiger partial charge is 0.490 e. The fourth-order valence-electron chi connectivity index (χ4n) is 2.21. The Morgan fingerprint density at radius 1 is 1.22 bits per heavy atom. The fourth-order valence-corrected chi connectivity index (χ4v) is 2.21. The van der Waals surface area contributed by atoms with Crippen LogP contribution in [-0.2, 0) is 0 Å². The van der Waals surface area contributed by atoms with Crippen LogP contribution in [0.3, 0.4) is 0 Å². The highest BCUT2D eigenvalue weighted by molar-refractivity contribution is 5.96. The Morgan fingerprint density at radius 2 is 2.00 bits per heavy atom. The van der Waals surface area contributed by atoms with E-state index in [0.717, 1.165) is 30.8 Å². The van der Waals surface area contributed by atoms with Crippen LogP contribution in [0.25, 0.3) is 0 Å². The number of carbonyl (C=O) groups excluding carboxylic acids is 1. The summed E-state index contributed by atoms with van der Waals surface area (Å²) in [5, 5.41) is 3.18. The van der Waals surface area contributed by atoms with Gasteiger partial charge < -0.3 is 14.8 Å². The summed E-state index contributed by atoms with van der Waals surface area (Å²) in [4.78, 5) is 12.1. The van der Waals surface area contributed by atoms with E-state index in [1.54, 1.807) is 0 Å². The first kappa shape index (κ1) is 11.5. The zero-order valence-corrected chi connectivity index (χ0v) is 10.3. The van der Waals surface area contributed by atoms with Crippen LogP contribution in [0.2, 0.25) is 0 Å². The highest BCUT2D eigenvalue weighted by atomic mass is 16.5. The summed E-state index contributed by atoms with van der Waals surface area (Å²) in [6.07, 6.45) is 1.50. The first-order valence-electron chi connectivity index (χ1n) is 6.46. The average molecular weight is 247 g/mol. The van der Waals surface area contributed by atoms with Gasteiger partial charge in [-0.2, -0.15) is 0 Å². The number of carbonyl (C=O) groups is 1. The third-order valence-corrected chi connectivity index (χ3v) is 3.41. The van der Waals surface area contributed by atoms with Gasteiger partial charge in [-0.05, 0) is 37.2 Å². The van der Waals surface area contributed by atoms with Crippen molar-refractivity contribution in [3.63, 3.8) is 0 Å². The summed E-state index contributed by atoms with van der Waals surface area (Å²) in [5.41, 5.74) is 0.728. The SMILES string of the molecule is O=C(CC1CNC1)c1ccc2c(c1)OCCCO2. The van der Waals surface area contributed by atoms with Crippen molar-refractivity contribution >= 4 is 5.78 Å². The number of hydrogen-bond acceptors (Lipinski definition) is 4. The molecule has 0 amide bonds. The molecule has 0 aliphatic carbocycles.